The molecule has 5 heteroatoms. The number of hydrogen-bond donors (Lipinski definition) is 0. The SMILES string of the molecule is COc1ccc(C(Br)Cc2ccc(F)cc2F)c(OC)c1. The Kier molecular flexibility index (Phi) is 5.17. The number of halogens is 3. The zero-order valence-electron chi connectivity index (χ0n) is 11.7. The predicted octanol–water partition coefficient (Wildman–Crippen LogP) is 4.66. The summed E-state index contributed by atoms with van der Waals surface area (Å²) < 4.78 is 37.1. The molecular formula is C16H15BrF2O2. The smallest absolute Gasteiger partial charge is 0.129 e. The van der Waals surface area contributed by atoms with Crippen LogP contribution in [0.3, 0.4) is 0 Å². The van der Waals surface area contributed by atoms with Gasteiger partial charge in [-0.25, -0.2) is 8.78 Å². The summed E-state index contributed by atoms with van der Waals surface area (Å²) in [5.74, 6) is 0.207. The molecular weight excluding hydrogens is 342 g/mol. The van der Waals surface area contributed by atoms with Crippen molar-refractivity contribution in [2.24, 2.45) is 0 Å². The zero-order valence-corrected chi connectivity index (χ0v) is 13.3. The van der Waals surface area contributed by atoms with Gasteiger partial charge in [-0.2, -0.15) is 0 Å². The van der Waals surface area contributed by atoms with Gasteiger partial charge in [0.1, 0.15) is 23.1 Å². The molecule has 2 aromatic carbocycles. The molecule has 0 saturated carbocycles. The maximum atomic E-state index is 13.7. The highest BCUT2D eigenvalue weighted by molar-refractivity contribution is 9.09. The minimum atomic E-state index is -0.579. The summed E-state index contributed by atoms with van der Waals surface area (Å²) in [6.07, 6.45) is 0.384. The molecule has 0 amide bonds. The highest BCUT2D eigenvalue weighted by Crippen LogP contribution is 2.36. The van der Waals surface area contributed by atoms with Crippen LogP contribution >= 0.6 is 15.9 Å². The number of alkyl halides is 1. The molecule has 1 unspecified atom stereocenters. The Morgan fingerprint density at radius 2 is 1.81 bits per heavy atom. The van der Waals surface area contributed by atoms with Crippen LogP contribution in [0.15, 0.2) is 36.4 Å². The molecule has 0 aromatic heterocycles. The second kappa shape index (κ2) is 6.89. The van der Waals surface area contributed by atoms with Gasteiger partial charge in [-0.05, 0) is 24.1 Å². The number of ether oxygens (including phenoxy) is 2. The molecule has 0 saturated heterocycles. The number of hydrogen-bond acceptors (Lipinski definition) is 2. The van der Waals surface area contributed by atoms with Gasteiger partial charge in [0.15, 0.2) is 0 Å². The van der Waals surface area contributed by atoms with Crippen molar-refractivity contribution < 1.29 is 18.3 Å². The molecule has 2 aromatic rings. The Hall–Kier alpha value is -1.62. The Morgan fingerprint density at radius 1 is 1.05 bits per heavy atom. The molecule has 0 radical (unpaired) electrons. The summed E-state index contributed by atoms with van der Waals surface area (Å²) in [7, 11) is 3.14. The van der Waals surface area contributed by atoms with Gasteiger partial charge in [-0.1, -0.05) is 28.1 Å². The van der Waals surface area contributed by atoms with Crippen LogP contribution in [0.1, 0.15) is 16.0 Å². The zero-order chi connectivity index (χ0) is 15.4. The largest absolute Gasteiger partial charge is 0.497 e. The molecule has 1 atom stereocenters. The molecule has 0 spiro atoms. The molecule has 0 aliphatic heterocycles. The topological polar surface area (TPSA) is 18.5 Å². The van der Waals surface area contributed by atoms with Gasteiger partial charge in [-0.3, -0.25) is 0 Å². The minimum absolute atomic E-state index is 0.154. The van der Waals surface area contributed by atoms with Gasteiger partial charge in [0.05, 0.1) is 14.2 Å². The van der Waals surface area contributed by atoms with E-state index in [0.717, 1.165) is 11.6 Å². The Balaban J connectivity index is 2.25. The van der Waals surface area contributed by atoms with Crippen molar-refractivity contribution in [1.29, 1.82) is 0 Å². The molecule has 21 heavy (non-hydrogen) atoms. The van der Waals surface area contributed by atoms with Crippen LogP contribution in [0.25, 0.3) is 0 Å². The molecule has 0 bridgehead atoms. The lowest BCUT2D eigenvalue weighted by Crippen LogP contribution is -2.01. The molecule has 0 fully saturated rings. The van der Waals surface area contributed by atoms with Crippen LogP contribution in [-0.4, -0.2) is 14.2 Å². The molecule has 0 heterocycles. The first kappa shape index (κ1) is 15.8. The summed E-state index contributed by atoms with van der Waals surface area (Å²) in [5, 5.41) is 0. The molecule has 2 rings (SSSR count). The second-order valence-corrected chi connectivity index (χ2v) is 5.62. The van der Waals surface area contributed by atoms with Crippen molar-refractivity contribution in [3.05, 3.63) is 59.2 Å². The average Bonchev–Trinajstić information content (AvgIpc) is 2.49. The van der Waals surface area contributed by atoms with E-state index < -0.39 is 11.6 Å². The lowest BCUT2D eigenvalue weighted by Gasteiger charge is -2.16. The number of benzene rings is 2. The molecule has 0 aliphatic rings. The Labute approximate surface area is 130 Å². The van der Waals surface area contributed by atoms with E-state index in [0.29, 0.717) is 23.5 Å². The van der Waals surface area contributed by atoms with Crippen molar-refractivity contribution in [1.82, 2.24) is 0 Å². The fourth-order valence-corrected chi connectivity index (χ4v) is 2.79. The van der Waals surface area contributed by atoms with E-state index in [-0.39, 0.29) is 4.83 Å². The quantitative estimate of drug-likeness (QED) is 0.725. The Bertz CT molecular complexity index is 632. The van der Waals surface area contributed by atoms with Gasteiger partial charge < -0.3 is 9.47 Å². The average molecular weight is 357 g/mol. The van der Waals surface area contributed by atoms with Crippen molar-refractivity contribution in [2.45, 2.75) is 11.2 Å². The van der Waals surface area contributed by atoms with Gasteiger partial charge >= 0.3 is 0 Å². The van der Waals surface area contributed by atoms with Crippen molar-refractivity contribution in [3.8, 4) is 11.5 Å². The van der Waals surface area contributed by atoms with Crippen LogP contribution in [0, 0.1) is 11.6 Å². The lowest BCUT2D eigenvalue weighted by molar-refractivity contribution is 0.391. The van der Waals surface area contributed by atoms with Crippen LogP contribution in [0.4, 0.5) is 8.78 Å². The summed E-state index contributed by atoms with van der Waals surface area (Å²) in [6.45, 7) is 0. The van der Waals surface area contributed by atoms with E-state index in [4.69, 9.17) is 9.47 Å². The van der Waals surface area contributed by atoms with Crippen LogP contribution in [-0.2, 0) is 6.42 Å². The first-order valence-corrected chi connectivity index (χ1v) is 7.26. The monoisotopic (exact) mass is 356 g/mol. The van der Waals surface area contributed by atoms with Gasteiger partial charge in [0.2, 0.25) is 0 Å². The number of rotatable bonds is 5. The third-order valence-corrected chi connectivity index (χ3v) is 4.01. The third kappa shape index (κ3) is 3.73. The molecule has 2 nitrogen and oxygen atoms in total. The lowest BCUT2D eigenvalue weighted by atomic mass is 10.0. The summed E-state index contributed by atoms with van der Waals surface area (Å²) >= 11 is 3.53. The number of methoxy groups -OCH3 is 2. The summed E-state index contributed by atoms with van der Waals surface area (Å²) in [6, 6.07) is 9.04. The molecule has 0 N–H and O–H groups in total. The van der Waals surface area contributed by atoms with E-state index >= 15 is 0 Å². The van der Waals surface area contributed by atoms with E-state index in [1.165, 1.54) is 12.1 Å². The molecule has 0 aliphatic carbocycles. The standard InChI is InChI=1S/C16H15BrF2O2/c1-20-12-5-6-13(16(9-12)21-2)14(17)7-10-3-4-11(18)8-15(10)19/h3-6,8-9,14H,7H2,1-2H3. The maximum absolute atomic E-state index is 13.7. The van der Waals surface area contributed by atoms with E-state index in [2.05, 4.69) is 15.9 Å². The van der Waals surface area contributed by atoms with Crippen LogP contribution < -0.4 is 9.47 Å². The van der Waals surface area contributed by atoms with E-state index in [9.17, 15) is 8.78 Å². The summed E-state index contributed by atoms with van der Waals surface area (Å²) in [4.78, 5) is -0.154. The van der Waals surface area contributed by atoms with E-state index in [1.807, 2.05) is 12.1 Å². The highest BCUT2D eigenvalue weighted by atomic mass is 79.9. The first-order valence-electron chi connectivity index (χ1n) is 6.35. The van der Waals surface area contributed by atoms with Gasteiger partial charge in [0, 0.05) is 22.5 Å². The van der Waals surface area contributed by atoms with Gasteiger partial charge in [-0.15, -0.1) is 0 Å². The maximum Gasteiger partial charge on any atom is 0.129 e. The predicted molar refractivity (Wildman–Crippen MR) is 81.3 cm³/mol. The fraction of sp³-hybridized carbons (Fsp3) is 0.250. The normalized spacial score (nSPS) is 12.0. The Morgan fingerprint density at radius 3 is 2.43 bits per heavy atom. The van der Waals surface area contributed by atoms with Crippen molar-refractivity contribution in [2.75, 3.05) is 14.2 Å². The van der Waals surface area contributed by atoms with Gasteiger partial charge in [0.25, 0.3) is 0 Å². The van der Waals surface area contributed by atoms with Crippen molar-refractivity contribution >= 4 is 15.9 Å². The summed E-state index contributed by atoms with van der Waals surface area (Å²) in [5.41, 5.74) is 1.32. The third-order valence-electron chi connectivity index (χ3n) is 3.19. The highest BCUT2D eigenvalue weighted by Gasteiger charge is 2.16. The van der Waals surface area contributed by atoms with E-state index in [1.54, 1.807) is 20.3 Å². The second-order valence-electron chi connectivity index (χ2n) is 4.52. The first-order chi connectivity index (χ1) is 10.0. The molecule has 112 valence electrons. The fourth-order valence-electron chi connectivity index (χ4n) is 2.07. The van der Waals surface area contributed by atoms with Crippen LogP contribution in [0.5, 0.6) is 11.5 Å². The van der Waals surface area contributed by atoms with Crippen molar-refractivity contribution in [3.63, 3.8) is 0 Å². The minimum Gasteiger partial charge on any atom is -0.497 e. The van der Waals surface area contributed by atoms with Crippen LogP contribution in [0.2, 0.25) is 0 Å².